The number of rotatable bonds is 31. The standard InChI is InChI=1S/C35H66O/c1-4-7-10-13-16-19-22-25-28-31-35(34-36,32-29-26-23-20-17-14-11-8-5-2)33-30-27-24-21-18-15-12-9-6-3/h4-6,36H,1-3,7-34H2. The zero-order valence-corrected chi connectivity index (χ0v) is 24.6. The molecule has 0 bridgehead atoms. The third-order valence-electron chi connectivity index (χ3n) is 8.18. The van der Waals surface area contributed by atoms with Crippen LogP contribution >= 0.6 is 0 Å². The molecule has 0 spiro atoms. The summed E-state index contributed by atoms with van der Waals surface area (Å²) in [4.78, 5) is 0. The molecule has 1 heteroatoms. The van der Waals surface area contributed by atoms with Crippen LogP contribution in [0.2, 0.25) is 0 Å². The summed E-state index contributed by atoms with van der Waals surface area (Å²) in [7, 11) is 0. The molecule has 36 heavy (non-hydrogen) atoms. The Kier molecular flexibility index (Phi) is 28.1. The molecule has 0 radical (unpaired) electrons. The van der Waals surface area contributed by atoms with E-state index in [0.717, 1.165) is 0 Å². The van der Waals surface area contributed by atoms with E-state index < -0.39 is 0 Å². The van der Waals surface area contributed by atoms with E-state index in [1.54, 1.807) is 0 Å². The third-order valence-corrected chi connectivity index (χ3v) is 8.18. The lowest BCUT2D eigenvalue weighted by Crippen LogP contribution is -2.26. The molecule has 1 N–H and O–H groups in total. The first-order valence-electron chi connectivity index (χ1n) is 16.2. The van der Waals surface area contributed by atoms with E-state index in [4.69, 9.17) is 0 Å². The van der Waals surface area contributed by atoms with Crippen LogP contribution in [0.5, 0.6) is 0 Å². The fourth-order valence-corrected chi connectivity index (χ4v) is 5.63. The summed E-state index contributed by atoms with van der Waals surface area (Å²) >= 11 is 0. The van der Waals surface area contributed by atoms with Crippen molar-refractivity contribution >= 4 is 0 Å². The summed E-state index contributed by atoms with van der Waals surface area (Å²) in [5, 5.41) is 10.5. The van der Waals surface area contributed by atoms with Crippen molar-refractivity contribution in [2.75, 3.05) is 6.61 Å². The number of hydrogen-bond donors (Lipinski definition) is 1. The predicted octanol–water partition coefficient (Wildman–Crippen LogP) is 12.1. The molecule has 0 fully saturated rings. The molecule has 1 nitrogen and oxygen atoms in total. The van der Waals surface area contributed by atoms with Crippen LogP contribution in [0, 0.1) is 5.41 Å². The minimum absolute atomic E-state index is 0.192. The highest BCUT2D eigenvalue weighted by atomic mass is 16.3. The first kappa shape index (κ1) is 35.2. The Labute approximate surface area is 228 Å². The summed E-state index contributed by atoms with van der Waals surface area (Å²) in [5.41, 5.74) is 0.192. The molecular weight excluding hydrogens is 436 g/mol. The monoisotopic (exact) mass is 503 g/mol. The van der Waals surface area contributed by atoms with E-state index in [0.29, 0.717) is 6.61 Å². The SMILES string of the molecule is C=CCCCCCCCCCC(CO)(CCCCCCCCCC=C)CCCCCCCCCC=C. The van der Waals surface area contributed by atoms with Crippen LogP contribution in [-0.4, -0.2) is 11.7 Å². The Morgan fingerprint density at radius 1 is 0.361 bits per heavy atom. The molecule has 0 rings (SSSR count). The van der Waals surface area contributed by atoms with Gasteiger partial charge in [-0.3, -0.25) is 0 Å². The second-order valence-corrected chi connectivity index (χ2v) is 11.6. The Morgan fingerprint density at radius 2 is 0.583 bits per heavy atom. The van der Waals surface area contributed by atoms with E-state index in [1.807, 2.05) is 18.2 Å². The molecule has 0 saturated carbocycles. The number of allylic oxidation sites excluding steroid dienone is 3. The van der Waals surface area contributed by atoms with Gasteiger partial charge in [-0.15, -0.1) is 19.7 Å². The lowest BCUT2D eigenvalue weighted by Gasteiger charge is -2.32. The number of hydrogen-bond acceptors (Lipinski definition) is 1. The second kappa shape index (κ2) is 28.7. The van der Waals surface area contributed by atoms with Gasteiger partial charge in [0.05, 0.1) is 0 Å². The predicted molar refractivity (Wildman–Crippen MR) is 165 cm³/mol. The van der Waals surface area contributed by atoms with E-state index in [2.05, 4.69) is 19.7 Å². The first-order chi connectivity index (χ1) is 17.7. The normalized spacial score (nSPS) is 11.6. The van der Waals surface area contributed by atoms with Crippen LogP contribution < -0.4 is 0 Å². The van der Waals surface area contributed by atoms with Gasteiger partial charge in [0.25, 0.3) is 0 Å². The molecule has 212 valence electrons. The molecule has 0 amide bonds. The number of unbranched alkanes of at least 4 members (excludes halogenated alkanes) is 21. The summed E-state index contributed by atoms with van der Waals surface area (Å²) in [5.74, 6) is 0. The van der Waals surface area contributed by atoms with Crippen molar-refractivity contribution in [3.63, 3.8) is 0 Å². The second-order valence-electron chi connectivity index (χ2n) is 11.6. The van der Waals surface area contributed by atoms with Gasteiger partial charge in [-0.25, -0.2) is 0 Å². The van der Waals surface area contributed by atoms with Crippen LogP contribution in [0.25, 0.3) is 0 Å². The van der Waals surface area contributed by atoms with Crippen molar-refractivity contribution < 1.29 is 5.11 Å². The minimum Gasteiger partial charge on any atom is -0.396 e. The van der Waals surface area contributed by atoms with Crippen molar-refractivity contribution in [1.29, 1.82) is 0 Å². The van der Waals surface area contributed by atoms with Crippen molar-refractivity contribution in [3.8, 4) is 0 Å². The quantitative estimate of drug-likeness (QED) is 0.0738. The maximum absolute atomic E-state index is 10.5. The Morgan fingerprint density at radius 3 is 0.806 bits per heavy atom. The molecule has 0 aromatic rings. The zero-order valence-electron chi connectivity index (χ0n) is 24.6. The molecule has 0 aliphatic carbocycles. The molecule has 0 heterocycles. The van der Waals surface area contributed by atoms with Gasteiger partial charge in [-0.2, -0.15) is 0 Å². The summed E-state index contributed by atoms with van der Waals surface area (Å²) in [6, 6.07) is 0. The van der Waals surface area contributed by atoms with Crippen molar-refractivity contribution in [3.05, 3.63) is 38.0 Å². The fraction of sp³-hybridized carbons (Fsp3) is 0.829. The van der Waals surface area contributed by atoms with E-state index in [9.17, 15) is 5.11 Å². The maximum Gasteiger partial charge on any atom is 0.0487 e. The number of aliphatic hydroxyl groups excluding tert-OH is 1. The summed E-state index contributed by atoms with van der Waals surface area (Å²) in [6.45, 7) is 11.9. The highest BCUT2D eigenvalue weighted by Crippen LogP contribution is 2.37. The van der Waals surface area contributed by atoms with Gasteiger partial charge in [0.15, 0.2) is 0 Å². The van der Waals surface area contributed by atoms with E-state index in [-0.39, 0.29) is 5.41 Å². The molecule has 0 saturated heterocycles. The summed E-state index contributed by atoms with van der Waals surface area (Å²) < 4.78 is 0. The highest BCUT2D eigenvalue weighted by Gasteiger charge is 2.27. The Bertz CT molecular complexity index is 401. The average molecular weight is 503 g/mol. The lowest BCUT2D eigenvalue weighted by molar-refractivity contribution is 0.0856. The largest absolute Gasteiger partial charge is 0.396 e. The van der Waals surface area contributed by atoms with Gasteiger partial charge >= 0.3 is 0 Å². The minimum atomic E-state index is 0.192. The third kappa shape index (κ3) is 23.6. The van der Waals surface area contributed by atoms with Gasteiger partial charge in [0.2, 0.25) is 0 Å². The zero-order chi connectivity index (χ0) is 26.4. The molecular formula is C35H66O. The van der Waals surface area contributed by atoms with Crippen LogP contribution in [-0.2, 0) is 0 Å². The van der Waals surface area contributed by atoms with Crippen molar-refractivity contribution in [2.24, 2.45) is 5.41 Å². The van der Waals surface area contributed by atoms with E-state index in [1.165, 1.54) is 173 Å². The lowest BCUT2D eigenvalue weighted by atomic mass is 9.74. The topological polar surface area (TPSA) is 20.2 Å². The van der Waals surface area contributed by atoms with Crippen molar-refractivity contribution in [2.45, 2.75) is 173 Å². The molecule has 0 aliphatic rings. The molecule has 0 unspecified atom stereocenters. The fourth-order valence-electron chi connectivity index (χ4n) is 5.63. The van der Waals surface area contributed by atoms with Gasteiger partial charge in [0, 0.05) is 6.61 Å². The Hall–Kier alpha value is -0.820. The molecule has 0 atom stereocenters. The van der Waals surface area contributed by atoms with Crippen LogP contribution in [0.4, 0.5) is 0 Å². The van der Waals surface area contributed by atoms with Gasteiger partial charge in [-0.05, 0) is 63.2 Å². The number of aliphatic hydroxyl groups is 1. The van der Waals surface area contributed by atoms with Gasteiger partial charge in [-0.1, -0.05) is 134 Å². The van der Waals surface area contributed by atoms with Crippen LogP contribution in [0.3, 0.4) is 0 Å². The van der Waals surface area contributed by atoms with Gasteiger partial charge in [0.1, 0.15) is 0 Å². The maximum atomic E-state index is 10.5. The molecule has 0 aliphatic heterocycles. The van der Waals surface area contributed by atoms with Crippen molar-refractivity contribution in [1.82, 2.24) is 0 Å². The molecule has 0 aromatic carbocycles. The molecule has 0 aromatic heterocycles. The highest BCUT2D eigenvalue weighted by molar-refractivity contribution is 4.79. The smallest absolute Gasteiger partial charge is 0.0487 e. The van der Waals surface area contributed by atoms with Crippen LogP contribution in [0.1, 0.15) is 173 Å². The summed E-state index contributed by atoms with van der Waals surface area (Å²) in [6.07, 6.45) is 41.7. The first-order valence-corrected chi connectivity index (χ1v) is 16.2. The Balaban J connectivity index is 4.25. The van der Waals surface area contributed by atoms with Crippen LogP contribution in [0.15, 0.2) is 38.0 Å². The van der Waals surface area contributed by atoms with Gasteiger partial charge < -0.3 is 5.11 Å². The average Bonchev–Trinajstić information content (AvgIpc) is 2.89. The van der Waals surface area contributed by atoms with E-state index >= 15 is 0 Å².